The number of hydrogen-bond acceptors (Lipinski definition) is 3. The highest BCUT2D eigenvalue weighted by Gasteiger charge is 2.11. The van der Waals surface area contributed by atoms with E-state index in [2.05, 4.69) is 10.4 Å². The molecular formula is C9H12N4O. The summed E-state index contributed by atoms with van der Waals surface area (Å²) in [6.07, 6.45) is -0.131. The quantitative estimate of drug-likeness (QED) is 0.756. The van der Waals surface area contributed by atoms with Gasteiger partial charge in [0.25, 0.3) is 0 Å². The second-order valence-electron chi connectivity index (χ2n) is 3.05. The number of aromatic nitrogens is 2. The van der Waals surface area contributed by atoms with E-state index < -0.39 is 0 Å². The maximum absolute atomic E-state index is 11.2. The van der Waals surface area contributed by atoms with Gasteiger partial charge < -0.3 is 5.32 Å². The number of amides is 1. The third-order valence-corrected chi connectivity index (χ3v) is 2.01. The Bertz CT molecular complexity index is 400. The maximum Gasteiger partial charge on any atom is 0.238 e. The first-order valence-corrected chi connectivity index (χ1v) is 4.23. The number of anilines is 1. The van der Waals surface area contributed by atoms with E-state index in [0.29, 0.717) is 5.69 Å². The lowest BCUT2D eigenvalue weighted by Gasteiger charge is -2.02. The Kier molecular flexibility index (Phi) is 2.87. The number of nitrogens with zero attached hydrogens (tertiary/aromatic N) is 3. The molecule has 1 heterocycles. The van der Waals surface area contributed by atoms with Gasteiger partial charge in [0.15, 0.2) is 0 Å². The Morgan fingerprint density at radius 2 is 2.29 bits per heavy atom. The molecule has 0 aliphatic carbocycles. The molecule has 0 saturated carbocycles. The molecule has 0 atom stereocenters. The molecule has 0 aliphatic rings. The normalized spacial score (nSPS) is 9.57. The molecule has 1 amide bonds. The summed E-state index contributed by atoms with van der Waals surface area (Å²) >= 11 is 0. The number of nitrogens with one attached hydrogen (secondary N) is 1. The lowest BCUT2D eigenvalue weighted by atomic mass is 10.3. The van der Waals surface area contributed by atoms with Crippen LogP contribution in [0.4, 0.5) is 5.69 Å². The van der Waals surface area contributed by atoms with E-state index >= 15 is 0 Å². The van der Waals surface area contributed by atoms with Crippen molar-refractivity contribution in [3.05, 3.63) is 11.4 Å². The summed E-state index contributed by atoms with van der Waals surface area (Å²) in [6.45, 7) is 3.68. The van der Waals surface area contributed by atoms with Gasteiger partial charge in [-0.2, -0.15) is 10.4 Å². The van der Waals surface area contributed by atoms with E-state index in [9.17, 15) is 4.79 Å². The van der Waals surface area contributed by atoms with Crippen molar-refractivity contribution in [2.75, 3.05) is 5.32 Å². The maximum atomic E-state index is 11.2. The predicted molar refractivity (Wildman–Crippen MR) is 51.5 cm³/mol. The van der Waals surface area contributed by atoms with Crippen molar-refractivity contribution < 1.29 is 4.79 Å². The minimum Gasteiger partial charge on any atom is -0.322 e. The number of aryl methyl sites for hydroxylation is 2. The summed E-state index contributed by atoms with van der Waals surface area (Å²) in [5.74, 6) is -0.299. The first-order chi connectivity index (χ1) is 6.56. The van der Waals surface area contributed by atoms with Crippen LogP contribution in [0.3, 0.4) is 0 Å². The van der Waals surface area contributed by atoms with Gasteiger partial charge in [-0.25, -0.2) is 0 Å². The molecule has 5 nitrogen and oxygen atoms in total. The van der Waals surface area contributed by atoms with Crippen molar-refractivity contribution in [1.82, 2.24) is 9.78 Å². The summed E-state index contributed by atoms with van der Waals surface area (Å²) in [5.41, 5.74) is 2.35. The van der Waals surface area contributed by atoms with E-state index in [4.69, 9.17) is 5.26 Å². The van der Waals surface area contributed by atoms with Crippen LogP contribution in [0, 0.1) is 25.2 Å². The van der Waals surface area contributed by atoms with Gasteiger partial charge in [-0.3, -0.25) is 9.48 Å². The average Bonchev–Trinajstić information content (AvgIpc) is 2.33. The second-order valence-corrected chi connectivity index (χ2v) is 3.05. The zero-order chi connectivity index (χ0) is 10.7. The molecule has 0 saturated heterocycles. The fourth-order valence-corrected chi connectivity index (χ4v) is 1.21. The van der Waals surface area contributed by atoms with Crippen molar-refractivity contribution in [1.29, 1.82) is 5.26 Å². The standard InChI is InChI=1S/C9H12N4O/c1-6-9(7(2)13(3)12-6)11-8(14)4-5-10/h4H2,1-3H3,(H,11,14). The van der Waals surface area contributed by atoms with Gasteiger partial charge in [0.2, 0.25) is 5.91 Å². The Balaban J connectivity index is 2.87. The highest BCUT2D eigenvalue weighted by atomic mass is 16.1. The van der Waals surface area contributed by atoms with Crippen molar-refractivity contribution in [2.24, 2.45) is 7.05 Å². The largest absolute Gasteiger partial charge is 0.322 e. The average molecular weight is 192 g/mol. The van der Waals surface area contributed by atoms with Crippen molar-refractivity contribution in [3.8, 4) is 6.07 Å². The zero-order valence-corrected chi connectivity index (χ0v) is 8.46. The first kappa shape index (κ1) is 10.3. The Labute approximate surface area is 82.3 Å². The van der Waals surface area contributed by atoms with Crippen LogP contribution in [0.2, 0.25) is 0 Å². The van der Waals surface area contributed by atoms with Gasteiger partial charge in [0.05, 0.1) is 23.1 Å². The summed E-state index contributed by atoms with van der Waals surface area (Å²) in [5, 5.41) is 15.1. The Morgan fingerprint density at radius 3 is 2.71 bits per heavy atom. The van der Waals surface area contributed by atoms with Crippen LogP contribution < -0.4 is 5.32 Å². The fourth-order valence-electron chi connectivity index (χ4n) is 1.21. The number of carbonyl (C=O) groups is 1. The van der Waals surface area contributed by atoms with Crippen LogP contribution in [0.5, 0.6) is 0 Å². The molecule has 1 aromatic heterocycles. The predicted octanol–water partition coefficient (Wildman–Crippen LogP) is 0.889. The van der Waals surface area contributed by atoms with Crippen LogP contribution in [-0.2, 0) is 11.8 Å². The van der Waals surface area contributed by atoms with Crippen molar-refractivity contribution >= 4 is 11.6 Å². The lowest BCUT2D eigenvalue weighted by Crippen LogP contribution is -2.11. The fraction of sp³-hybridized carbons (Fsp3) is 0.444. The monoisotopic (exact) mass is 192 g/mol. The van der Waals surface area contributed by atoms with E-state index in [-0.39, 0.29) is 12.3 Å². The number of rotatable bonds is 2. The molecule has 0 fully saturated rings. The van der Waals surface area contributed by atoms with Gasteiger partial charge in [0.1, 0.15) is 6.42 Å². The molecule has 0 aromatic carbocycles. The van der Waals surface area contributed by atoms with Gasteiger partial charge in [0, 0.05) is 7.05 Å². The van der Waals surface area contributed by atoms with Crippen molar-refractivity contribution in [3.63, 3.8) is 0 Å². The van der Waals surface area contributed by atoms with Gasteiger partial charge in [-0.05, 0) is 13.8 Å². The highest BCUT2D eigenvalue weighted by Crippen LogP contribution is 2.18. The highest BCUT2D eigenvalue weighted by molar-refractivity contribution is 5.93. The SMILES string of the molecule is Cc1nn(C)c(C)c1NC(=O)CC#N. The minimum absolute atomic E-state index is 0.131. The summed E-state index contributed by atoms with van der Waals surface area (Å²) < 4.78 is 1.69. The van der Waals surface area contributed by atoms with Crippen LogP contribution in [0.15, 0.2) is 0 Å². The molecule has 5 heteroatoms. The minimum atomic E-state index is -0.299. The van der Waals surface area contributed by atoms with Crippen LogP contribution in [0.25, 0.3) is 0 Å². The van der Waals surface area contributed by atoms with E-state index in [0.717, 1.165) is 11.4 Å². The van der Waals surface area contributed by atoms with Crippen LogP contribution in [0.1, 0.15) is 17.8 Å². The third kappa shape index (κ3) is 1.91. The number of carbonyl (C=O) groups excluding carboxylic acids is 1. The Hall–Kier alpha value is -1.83. The molecule has 0 unspecified atom stereocenters. The summed E-state index contributed by atoms with van der Waals surface area (Å²) in [7, 11) is 1.81. The van der Waals surface area contributed by atoms with E-state index in [1.165, 1.54) is 0 Å². The molecule has 1 aromatic rings. The zero-order valence-electron chi connectivity index (χ0n) is 8.46. The summed E-state index contributed by atoms with van der Waals surface area (Å²) in [6, 6.07) is 1.79. The van der Waals surface area contributed by atoms with E-state index in [1.807, 2.05) is 20.9 Å². The van der Waals surface area contributed by atoms with E-state index in [1.54, 1.807) is 10.8 Å². The number of nitriles is 1. The molecule has 0 bridgehead atoms. The van der Waals surface area contributed by atoms with Gasteiger partial charge in [-0.15, -0.1) is 0 Å². The molecule has 0 aliphatic heterocycles. The third-order valence-electron chi connectivity index (χ3n) is 2.01. The smallest absolute Gasteiger partial charge is 0.238 e. The molecular weight excluding hydrogens is 180 g/mol. The van der Waals surface area contributed by atoms with Gasteiger partial charge >= 0.3 is 0 Å². The molecule has 74 valence electrons. The molecule has 0 radical (unpaired) electrons. The van der Waals surface area contributed by atoms with Crippen LogP contribution in [-0.4, -0.2) is 15.7 Å². The topological polar surface area (TPSA) is 70.7 Å². The van der Waals surface area contributed by atoms with Gasteiger partial charge in [-0.1, -0.05) is 0 Å². The first-order valence-electron chi connectivity index (χ1n) is 4.23. The Morgan fingerprint density at radius 1 is 1.64 bits per heavy atom. The van der Waals surface area contributed by atoms with Crippen LogP contribution >= 0.6 is 0 Å². The summed E-state index contributed by atoms with van der Waals surface area (Å²) in [4.78, 5) is 11.2. The molecule has 1 rings (SSSR count). The molecule has 14 heavy (non-hydrogen) atoms. The number of hydrogen-bond donors (Lipinski definition) is 1. The van der Waals surface area contributed by atoms with Crippen molar-refractivity contribution in [2.45, 2.75) is 20.3 Å². The lowest BCUT2D eigenvalue weighted by molar-refractivity contribution is -0.115. The molecule has 0 spiro atoms. The second kappa shape index (κ2) is 3.92. The molecule has 1 N–H and O–H groups in total.